The van der Waals surface area contributed by atoms with Gasteiger partial charge in [-0.3, -0.25) is 9.10 Å². The number of rotatable bonds is 6. The Kier molecular flexibility index (Phi) is 7.60. The highest BCUT2D eigenvalue weighted by atomic mass is 35.5. The second kappa shape index (κ2) is 9.90. The highest BCUT2D eigenvalue weighted by Crippen LogP contribution is 2.38. The molecule has 1 aliphatic rings. The molecule has 1 amide bonds. The number of aliphatic hydroxyl groups is 1. The summed E-state index contributed by atoms with van der Waals surface area (Å²) in [4.78, 5) is 14.2. The molecule has 1 aliphatic carbocycles. The molecular weight excluding hydrogens is 481 g/mol. The van der Waals surface area contributed by atoms with Gasteiger partial charge in [0, 0.05) is 7.05 Å². The summed E-state index contributed by atoms with van der Waals surface area (Å²) < 4.78 is 67.7. The average Bonchev–Trinajstić information content (AvgIpc) is 2.77. The quantitative estimate of drug-likeness (QED) is 0.635. The highest BCUT2D eigenvalue weighted by molar-refractivity contribution is 7.92. The Morgan fingerprint density at radius 2 is 1.76 bits per heavy atom. The van der Waals surface area contributed by atoms with Gasteiger partial charge in [-0.1, -0.05) is 42.6 Å². The van der Waals surface area contributed by atoms with Gasteiger partial charge in [-0.05, 0) is 43.2 Å². The van der Waals surface area contributed by atoms with Crippen LogP contribution in [0, 0.1) is 0 Å². The van der Waals surface area contributed by atoms with E-state index in [0.717, 1.165) is 25.0 Å². The van der Waals surface area contributed by atoms with Crippen LogP contribution in [0.4, 0.5) is 18.9 Å². The molecule has 1 saturated carbocycles. The van der Waals surface area contributed by atoms with Crippen LogP contribution in [0.3, 0.4) is 0 Å². The van der Waals surface area contributed by atoms with Gasteiger partial charge >= 0.3 is 6.18 Å². The van der Waals surface area contributed by atoms with Gasteiger partial charge in [0.2, 0.25) is 5.91 Å². The molecule has 2 aromatic carbocycles. The Labute approximate surface area is 195 Å². The molecule has 0 aromatic heterocycles. The van der Waals surface area contributed by atoms with Gasteiger partial charge in [-0.15, -0.1) is 0 Å². The van der Waals surface area contributed by atoms with Crippen molar-refractivity contribution in [2.24, 2.45) is 0 Å². The molecule has 2 atom stereocenters. The largest absolute Gasteiger partial charge is 0.417 e. The molecule has 0 saturated heterocycles. The molecule has 0 heterocycles. The van der Waals surface area contributed by atoms with Crippen LogP contribution in [0.25, 0.3) is 0 Å². The number of likely N-dealkylation sites (N-methyl/N-ethyl adjacent to an activating group) is 1. The minimum atomic E-state index is -4.82. The number of benzene rings is 2. The van der Waals surface area contributed by atoms with E-state index in [9.17, 15) is 31.5 Å². The SMILES string of the molecule is CN(C(=O)CN(c1ccc(Cl)c(C(F)(F)F)c1)S(=O)(=O)c1ccccc1)C1CCCCC1O. The van der Waals surface area contributed by atoms with Crippen molar-refractivity contribution in [3.63, 3.8) is 0 Å². The zero-order valence-corrected chi connectivity index (χ0v) is 19.4. The van der Waals surface area contributed by atoms with Crippen molar-refractivity contribution < 1.29 is 31.5 Å². The highest BCUT2D eigenvalue weighted by Gasteiger charge is 2.37. The van der Waals surface area contributed by atoms with Crippen molar-refractivity contribution in [3.05, 3.63) is 59.1 Å². The monoisotopic (exact) mass is 504 g/mol. The lowest BCUT2D eigenvalue weighted by atomic mass is 9.91. The van der Waals surface area contributed by atoms with Crippen LogP contribution in [0.2, 0.25) is 5.02 Å². The van der Waals surface area contributed by atoms with Gasteiger partial charge in [0.25, 0.3) is 10.0 Å². The van der Waals surface area contributed by atoms with Crippen LogP contribution in [0.5, 0.6) is 0 Å². The molecule has 1 fully saturated rings. The fraction of sp³-hybridized carbons (Fsp3) is 0.409. The summed E-state index contributed by atoms with van der Waals surface area (Å²) in [6, 6.07) is 9.32. The summed E-state index contributed by atoms with van der Waals surface area (Å²) in [5.74, 6) is -0.649. The van der Waals surface area contributed by atoms with Crippen molar-refractivity contribution >= 4 is 33.2 Å². The first-order valence-corrected chi connectivity index (χ1v) is 12.1. The maximum atomic E-state index is 13.4. The number of hydrogen-bond acceptors (Lipinski definition) is 4. The third kappa shape index (κ3) is 5.62. The molecule has 2 aromatic rings. The lowest BCUT2D eigenvalue weighted by Crippen LogP contribution is -2.50. The summed E-state index contributed by atoms with van der Waals surface area (Å²) in [5.41, 5.74) is -1.56. The van der Waals surface area contributed by atoms with E-state index in [0.29, 0.717) is 23.2 Å². The molecule has 0 spiro atoms. The first kappa shape index (κ1) is 25.3. The van der Waals surface area contributed by atoms with Gasteiger partial charge in [-0.2, -0.15) is 13.2 Å². The zero-order chi connectivity index (χ0) is 24.4. The van der Waals surface area contributed by atoms with E-state index < -0.39 is 51.4 Å². The Hall–Kier alpha value is -2.30. The molecular formula is C22H24ClF3N2O4S. The van der Waals surface area contributed by atoms with E-state index in [1.54, 1.807) is 6.07 Å². The number of nitrogens with zero attached hydrogens (tertiary/aromatic N) is 2. The molecule has 2 unspecified atom stereocenters. The minimum absolute atomic E-state index is 0.179. The third-order valence-electron chi connectivity index (χ3n) is 5.74. The predicted molar refractivity (Wildman–Crippen MR) is 118 cm³/mol. The number of amides is 1. The van der Waals surface area contributed by atoms with E-state index in [1.165, 1.54) is 36.2 Å². The summed E-state index contributed by atoms with van der Waals surface area (Å²) in [7, 11) is -2.93. The third-order valence-corrected chi connectivity index (χ3v) is 7.86. The van der Waals surface area contributed by atoms with Crippen LogP contribution >= 0.6 is 11.6 Å². The fourth-order valence-corrected chi connectivity index (χ4v) is 5.53. The van der Waals surface area contributed by atoms with E-state index >= 15 is 0 Å². The van der Waals surface area contributed by atoms with Gasteiger partial charge in [0.05, 0.1) is 33.3 Å². The zero-order valence-electron chi connectivity index (χ0n) is 17.8. The van der Waals surface area contributed by atoms with E-state index in [-0.39, 0.29) is 10.6 Å². The number of carbonyl (C=O) groups is 1. The number of sulfonamides is 1. The molecule has 6 nitrogen and oxygen atoms in total. The van der Waals surface area contributed by atoms with Crippen molar-refractivity contribution in [3.8, 4) is 0 Å². The lowest BCUT2D eigenvalue weighted by molar-refractivity contribution is -0.137. The van der Waals surface area contributed by atoms with Gasteiger partial charge in [0.1, 0.15) is 6.54 Å². The Morgan fingerprint density at radius 1 is 1.12 bits per heavy atom. The van der Waals surface area contributed by atoms with Crippen molar-refractivity contribution in [2.75, 3.05) is 17.9 Å². The lowest BCUT2D eigenvalue weighted by Gasteiger charge is -2.36. The van der Waals surface area contributed by atoms with Crippen LogP contribution < -0.4 is 4.31 Å². The summed E-state index contributed by atoms with van der Waals surface area (Å²) in [5, 5.41) is 9.68. The smallest absolute Gasteiger partial charge is 0.391 e. The maximum Gasteiger partial charge on any atom is 0.417 e. The topological polar surface area (TPSA) is 77.9 Å². The van der Waals surface area contributed by atoms with Crippen LogP contribution in [-0.4, -0.2) is 50.1 Å². The molecule has 3 rings (SSSR count). The van der Waals surface area contributed by atoms with Crippen molar-refractivity contribution in [2.45, 2.75) is 48.9 Å². The fourth-order valence-electron chi connectivity index (χ4n) is 3.88. The number of hydrogen-bond donors (Lipinski definition) is 1. The Bertz CT molecular complexity index is 1100. The average molecular weight is 505 g/mol. The standard InChI is InChI=1S/C22H24ClF3N2O4S/c1-27(19-9-5-6-10-20(19)29)21(30)14-28(33(31,32)16-7-3-2-4-8-16)15-11-12-18(23)17(13-15)22(24,25)26/h2-4,7-8,11-13,19-20,29H,5-6,9-10,14H2,1H3. The second-order valence-electron chi connectivity index (χ2n) is 7.91. The van der Waals surface area contributed by atoms with Crippen molar-refractivity contribution in [1.82, 2.24) is 4.90 Å². The first-order chi connectivity index (χ1) is 15.4. The van der Waals surface area contributed by atoms with Crippen LogP contribution in [0.15, 0.2) is 53.4 Å². The molecule has 1 N–H and O–H groups in total. The maximum absolute atomic E-state index is 13.4. The minimum Gasteiger partial charge on any atom is -0.391 e. The van der Waals surface area contributed by atoms with E-state index in [2.05, 4.69) is 0 Å². The number of carbonyl (C=O) groups excluding carboxylic acids is 1. The second-order valence-corrected chi connectivity index (χ2v) is 10.2. The summed E-state index contributed by atoms with van der Waals surface area (Å²) in [6.45, 7) is -0.740. The summed E-state index contributed by atoms with van der Waals surface area (Å²) in [6.07, 6.45) is -2.88. The molecule has 0 aliphatic heterocycles. The van der Waals surface area contributed by atoms with Crippen LogP contribution in [0.1, 0.15) is 31.2 Å². The number of alkyl halides is 3. The van der Waals surface area contributed by atoms with Gasteiger partial charge in [-0.25, -0.2) is 8.42 Å². The van der Waals surface area contributed by atoms with Gasteiger partial charge < -0.3 is 10.0 Å². The Balaban J connectivity index is 2.02. The normalized spacial score (nSPS) is 19.2. The van der Waals surface area contributed by atoms with E-state index in [1.807, 2.05) is 0 Å². The number of anilines is 1. The molecule has 0 radical (unpaired) electrons. The number of halogens is 4. The predicted octanol–water partition coefficient (Wildman–Crippen LogP) is 4.32. The van der Waals surface area contributed by atoms with E-state index in [4.69, 9.17) is 11.6 Å². The first-order valence-electron chi connectivity index (χ1n) is 10.3. The number of aliphatic hydroxyl groups excluding tert-OH is 1. The molecule has 180 valence electrons. The molecule has 11 heteroatoms. The van der Waals surface area contributed by atoms with Crippen molar-refractivity contribution in [1.29, 1.82) is 0 Å². The van der Waals surface area contributed by atoms with Gasteiger partial charge in [0.15, 0.2) is 0 Å². The molecule has 0 bridgehead atoms. The summed E-state index contributed by atoms with van der Waals surface area (Å²) >= 11 is 5.70. The Morgan fingerprint density at radius 3 is 2.36 bits per heavy atom. The molecule has 33 heavy (non-hydrogen) atoms. The van der Waals surface area contributed by atoms with Crippen LogP contribution in [-0.2, 0) is 21.0 Å².